The number of carbonyl (C=O) groups excluding carboxylic acids is 1. The minimum absolute atomic E-state index is 0. The van der Waals surface area contributed by atoms with Gasteiger partial charge in [-0.3, -0.25) is 9.69 Å². The third-order valence-electron chi connectivity index (χ3n) is 4.57. The number of amides is 1. The van der Waals surface area contributed by atoms with Gasteiger partial charge in [-0.25, -0.2) is 0 Å². The zero-order chi connectivity index (χ0) is 15.9. The number of halogens is 2. The molecule has 2 unspecified atom stereocenters. The highest BCUT2D eigenvalue weighted by Gasteiger charge is 2.23. The predicted molar refractivity (Wildman–Crippen MR) is 105 cm³/mol. The first-order valence-corrected chi connectivity index (χ1v) is 8.67. The largest absolute Gasteiger partial charge is 0.377 e. The first kappa shape index (κ1) is 22.2. The number of rotatable bonds is 7. The molecule has 2 aliphatic heterocycles. The number of nitrogens with one attached hydrogen (secondary N) is 2. The zero-order valence-electron chi connectivity index (χ0n) is 14.5. The summed E-state index contributed by atoms with van der Waals surface area (Å²) in [5.41, 5.74) is 1.33. The summed E-state index contributed by atoms with van der Waals surface area (Å²) in [6.07, 6.45) is 3.56. The molecule has 2 N–H and O–H groups in total. The lowest BCUT2D eigenvalue weighted by molar-refractivity contribution is -0.120. The van der Waals surface area contributed by atoms with Crippen molar-refractivity contribution in [1.82, 2.24) is 15.5 Å². The Morgan fingerprint density at radius 3 is 2.72 bits per heavy atom. The molecule has 0 spiro atoms. The van der Waals surface area contributed by atoms with Gasteiger partial charge < -0.3 is 15.4 Å². The van der Waals surface area contributed by atoms with E-state index in [-0.39, 0.29) is 42.9 Å². The van der Waals surface area contributed by atoms with Gasteiger partial charge in [-0.2, -0.15) is 0 Å². The highest BCUT2D eigenvalue weighted by Crippen LogP contribution is 2.13. The summed E-state index contributed by atoms with van der Waals surface area (Å²) >= 11 is 0. The van der Waals surface area contributed by atoms with Crippen molar-refractivity contribution in [3.05, 3.63) is 35.9 Å². The standard InChI is InChI=1S/C18H27N3O2.2ClH/c22-18(12-19-11-17-7-4-10-23-17)20-16-8-9-21(14-16)13-15-5-2-1-3-6-15;;/h1-3,5-6,16-17,19H,4,7-14H2,(H,20,22);2*1H. The SMILES string of the molecule is Cl.Cl.O=C(CNCC1CCCO1)NC1CCN(Cc2ccccc2)C1. The second-order valence-electron chi connectivity index (χ2n) is 6.54. The molecule has 25 heavy (non-hydrogen) atoms. The number of carbonyl (C=O) groups is 1. The van der Waals surface area contributed by atoms with Gasteiger partial charge in [-0.1, -0.05) is 30.3 Å². The van der Waals surface area contributed by atoms with Crippen molar-refractivity contribution in [1.29, 1.82) is 0 Å². The lowest BCUT2D eigenvalue weighted by atomic mass is 10.2. The van der Waals surface area contributed by atoms with Crippen LogP contribution >= 0.6 is 24.8 Å². The maximum Gasteiger partial charge on any atom is 0.234 e. The van der Waals surface area contributed by atoms with Crippen LogP contribution in [0.5, 0.6) is 0 Å². The van der Waals surface area contributed by atoms with E-state index in [1.807, 2.05) is 6.07 Å². The molecular weight excluding hydrogens is 361 g/mol. The molecule has 1 amide bonds. The summed E-state index contributed by atoms with van der Waals surface area (Å²) in [6, 6.07) is 10.8. The fraction of sp³-hybridized carbons (Fsp3) is 0.611. The topological polar surface area (TPSA) is 53.6 Å². The zero-order valence-corrected chi connectivity index (χ0v) is 16.1. The average Bonchev–Trinajstić information content (AvgIpc) is 3.21. The van der Waals surface area contributed by atoms with Crippen LogP contribution in [0, 0.1) is 0 Å². The molecule has 2 atom stereocenters. The van der Waals surface area contributed by atoms with Gasteiger partial charge in [0.1, 0.15) is 0 Å². The Hall–Kier alpha value is -0.850. The van der Waals surface area contributed by atoms with Crippen molar-refractivity contribution in [2.45, 2.75) is 38.0 Å². The molecule has 1 aromatic carbocycles. The van der Waals surface area contributed by atoms with Crippen molar-refractivity contribution in [2.24, 2.45) is 0 Å². The molecule has 0 radical (unpaired) electrons. The normalized spacial score (nSPS) is 22.9. The van der Waals surface area contributed by atoms with E-state index in [9.17, 15) is 4.79 Å². The van der Waals surface area contributed by atoms with Gasteiger partial charge in [-0.15, -0.1) is 24.8 Å². The van der Waals surface area contributed by atoms with Crippen LogP contribution in [0.3, 0.4) is 0 Å². The summed E-state index contributed by atoms with van der Waals surface area (Å²) in [5.74, 6) is 0.0922. The van der Waals surface area contributed by atoms with Gasteiger partial charge in [0.05, 0.1) is 12.6 Å². The van der Waals surface area contributed by atoms with Crippen LogP contribution in [0.25, 0.3) is 0 Å². The quantitative estimate of drug-likeness (QED) is 0.748. The van der Waals surface area contributed by atoms with Crippen LogP contribution < -0.4 is 10.6 Å². The summed E-state index contributed by atoms with van der Waals surface area (Å²) in [6.45, 7) is 4.96. The van der Waals surface area contributed by atoms with E-state index in [0.29, 0.717) is 6.54 Å². The molecule has 0 aromatic heterocycles. The first-order valence-electron chi connectivity index (χ1n) is 8.67. The van der Waals surface area contributed by atoms with E-state index < -0.39 is 0 Å². The molecule has 7 heteroatoms. The van der Waals surface area contributed by atoms with E-state index in [0.717, 1.165) is 52.0 Å². The molecule has 0 bridgehead atoms. The first-order chi connectivity index (χ1) is 11.3. The number of benzene rings is 1. The minimum Gasteiger partial charge on any atom is -0.377 e. The lowest BCUT2D eigenvalue weighted by Gasteiger charge is -2.17. The minimum atomic E-state index is 0. The number of hydrogen-bond donors (Lipinski definition) is 2. The summed E-state index contributed by atoms with van der Waals surface area (Å²) in [7, 11) is 0. The fourth-order valence-electron chi connectivity index (χ4n) is 3.37. The van der Waals surface area contributed by atoms with Gasteiger partial charge >= 0.3 is 0 Å². The molecule has 2 heterocycles. The molecule has 2 fully saturated rings. The molecular formula is C18H29Cl2N3O2. The summed E-state index contributed by atoms with van der Waals surface area (Å²) < 4.78 is 5.54. The van der Waals surface area contributed by atoms with Gasteiger partial charge in [0, 0.05) is 38.8 Å². The van der Waals surface area contributed by atoms with E-state index >= 15 is 0 Å². The second-order valence-corrected chi connectivity index (χ2v) is 6.54. The molecule has 5 nitrogen and oxygen atoms in total. The molecule has 2 aliphatic rings. The third kappa shape index (κ3) is 7.50. The van der Waals surface area contributed by atoms with Gasteiger partial charge in [0.2, 0.25) is 5.91 Å². The number of hydrogen-bond acceptors (Lipinski definition) is 4. The van der Waals surface area contributed by atoms with Crippen molar-refractivity contribution in [3.8, 4) is 0 Å². The molecule has 142 valence electrons. The van der Waals surface area contributed by atoms with E-state index in [2.05, 4.69) is 39.8 Å². The Balaban J connectivity index is 0.00000156. The third-order valence-corrected chi connectivity index (χ3v) is 4.57. The average molecular weight is 390 g/mol. The number of ether oxygens (including phenoxy) is 1. The van der Waals surface area contributed by atoms with Crippen LogP contribution in [-0.2, 0) is 16.1 Å². The second kappa shape index (κ2) is 11.7. The van der Waals surface area contributed by atoms with E-state index in [1.165, 1.54) is 5.56 Å². The maximum absolute atomic E-state index is 12.0. The Morgan fingerprint density at radius 1 is 1.20 bits per heavy atom. The molecule has 3 rings (SSSR count). The van der Waals surface area contributed by atoms with E-state index in [1.54, 1.807) is 0 Å². The van der Waals surface area contributed by atoms with Gasteiger partial charge in [0.25, 0.3) is 0 Å². The van der Waals surface area contributed by atoms with Crippen molar-refractivity contribution >= 4 is 30.7 Å². The van der Waals surface area contributed by atoms with Crippen LogP contribution in [0.15, 0.2) is 30.3 Å². The Bertz CT molecular complexity index is 498. The van der Waals surface area contributed by atoms with E-state index in [4.69, 9.17) is 4.74 Å². The summed E-state index contributed by atoms with van der Waals surface area (Å²) in [5, 5.41) is 6.34. The van der Waals surface area contributed by atoms with Gasteiger partial charge in [0.15, 0.2) is 0 Å². The Kier molecular flexibility index (Phi) is 10.4. The van der Waals surface area contributed by atoms with Crippen LogP contribution in [0.2, 0.25) is 0 Å². The van der Waals surface area contributed by atoms with Crippen molar-refractivity contribution < 1.29 is 9.53 Å². The molecule has 2 saturated heterocycles. The Labute approximate surface area is 162 Å². The molecule has 0 saturated carbocycles. The smallest absolute Gasteiger partial charge is 0.234 e. The number of likely N-dealkylation sites (tertiary alicyclic amines) is 1. The Morgan fingerprint density at radius 2 is 2.00 bits per heavy atom. The van der Waals surface area contributed by atoms with Crippen molar-refractivity contribution in [3.63, 3.8) is 0 Å². The highest BCUT2D eigenvalue weighted by atomic mass is 35.5. The lowest BCUT2D eigenvalue weighted by Crippen LogP contribution is -2.43. The predicted octanol–water partition coefficient (Wildman–Crippen LogP) is 1.99. The number of nitrogens with zero attached hydrogens (tertiary/aromatic N) is 1. The van der Waals surface area contributed by atoms with Crippen LogP contribution in [0.1, 0.15) is 24.8 Å². The maximum atomic E-state index is 12.0. The van der Waals surface area contributed by atoms with Crippen LogP contribution in [-0.4, -0.2) is 55.7 Å². The monoisotopic (exact) mass is 389 g/mol. The fourth-order valence-corrected chi connectivity index (χ4v) is 3.37. The highest BCUT2D eigenvalue weighted by molar-refractivity contribution is 5.85. The van der Waals surface area contributed by atoms with Crippen molar-refractivity contribution in [2.75, 3.05) is 32.8 Å². The molecule has 1 aromatic rings. The van der Waals surface area contributed by atoms with Gasteiger partial charge in [-0.05, 0) is 24.8 Å². The van der Waals surface area contributed by atoms with Crippen LogP contribution in [0.4, 0.5) is 0 Å². The summed E-state index contributed by atoms with van der Waals surface area (Å²) in [4.78, 5) is 14.4. The molecule has 0 aliphatic carbocycles.